The van der Waals surface area contributed by atoms with E-state index in [2.05, 4.69) is 24.1 Å². The monoisotopic (exact) mass is 240 g/mol. The van der Waals surface area contributed by atoms with Crippen LogP contribution >= 0.6 is 12.2 Å². The minimum absolute atomic E-state index is 0.654. The molecule has 1 saturated heterocycles. The molecular formula is C13H24N2S. The molecule has 2 rings (SSSR count). The van der Waals surface area contributed by atoms with Crippen LogP contribution in [0.4, 0.5) is 0 Å². The number of nitrogens with zero attached hydrogens (tertiary/aromatic N) is 1. The maximum absolute atomic E-state index is 5.56. The fraction of sp³-hybridized carbons (Fsp3) is 0.923. The number of likely N-dealkylation sites (tertiary alicyclic amines) is 1. The predicted octanol–water partition coefficient (Wildman–Crippen LogP) is 2.92. The Labute approximate surface area is 105 Å². The summed E-state index contributed by atoms with van der Waals surface area (Å²) >= 11 is 5.56. The number of nitrogens with one attached hydrogen (secondary N) is 1. The zero-order chi connectivity index (χ0) is 11.5. The molecule has 1 atom stereocenters. The number of thiocarbonyl (C=S) groups is 1. The average molecular weight is 240 g/mol. The summed E-state index contributed by atoms with van der Waals surface area (Å²) in [6.07, 6.45) is 7.96. The lowest BCUT2D eigenvalue weighted by atomic mass is 10.0. The summed E-state index contributed by atoms with van der Waals surface area (Å²) in [4.78, 5) is 2.43. The molecule has 0 aromatic rings. The lowest BCUT2D eigenvalue weighted by Crippen LogP contribution is -2.47. The highest BCUT2D eigenvalue weighted by Crippen LogP contribution is 2.25. The molecule has 1 unspecified atom stereocenters. The van der Waals surface area contributed by atoms with E-state index in [1.165, 1.54) is 38.5 Å². The molecule has 3 heteroatoms. The number of hydrogen-bond acceptors (Lipinski definition) is 1. The van der Waals surface area contributed by atoms with Crippen molar-refractivity contribution in [1.29, 1.82) is 0 Å². The average Bonchev–Trinajstić information content (AvgIpc) is 2.86. The molecule has 1 aliphatic carbocycles. The van der Waals surface area contributed by atoms with Gasteiger partial charge < -0.3 is 10.2 Å². The van der Waals surface area contributed by atoms with Crippen molar-refractivity contribution in [2.75, 3.05) is 6.54 Å². The summed E-state index contributed by atoms with van der Waals surface area (Å²) in [5, 5.41) is 4.58. The van der Waals surface area contributed by atoms with Crippen LogP contribution in [0.2, 0.25) is 0 Å². The second-order valence-corrected chi connectivity index (χ2v) is 5.96. The Morgan fingerprint density at radius 1 is 1.19 bits per heavy atom. The summed E-state index contributed by atoms with van der Waals surface area (Å²) in [6.45, 7) is 5.77. The van der Waals surface area contributed by atoms with Gasteiger partial charge in [0.25, 0.3) is 0 Å². The van der Waals surface area contributed by atoms with Crippen molar-refractivity contribution in [2.24, 2.45) is 5.92 Å². The van der Waals surface area contributed by atoms with Gasteiger partial charge in [0.2, 0.25) is 0 Å². The largest absolute Gasteiger partial charge is 0.360 e. The molecule has 1 heterocycles. The van der Waals surface area contributed by atoms with E-state index >= 15 is 0 Å². The first-order chi connectivity index (χ1) is 7.68. The molecule has 2 fully saturated rings. The normalized spacial score (nSPS) is 26.7. The molecule has 2 nitrogen and oxygen atoms in total. The summed E-state index contributed by atoms with van der Waals surface area (Å²) in [5.41, 5.74) is 0. The van der Waals surface area contributed by atoms with Crippen LogP contribution in [0.3, 0.4) is 0 Å². The quantitative estimate of drug-likeness (QED) is 0.747. The molecule has 0 spiro atoms. The smallest absolute Gasteiger partial charge is 0.169 e. The van der Waals surface area contributed by atoms with Gasteiger partial charge in [-0.1, -0.05) is 26.7 Å². The maximum Gasteiger partial charge on any atom is 0.169 e. The molecular weight excluding hydrogens is 216 g/mol. The molecule has 2 aliphatic rings. The third kappa shape index (κ3) is 2.68. The molecule has 0 aromatic carbocycles. The first kappa shape index (κ1) is 12.2. The third-order valence-corrected chi connectivity index (χ3v) is 4.36. The lowest BCUT2D eigenvalue weighted by Gasteiger charge is -2.31. The van der Waals surface area contributed by atoms with Gasteiger partial charge in [-0.25, -0.2) is 0 Å². The summed E-state index contributed by atoms with van der Waals surface area (Å²) in [5.74, 6) is 0.714. The minimum atomic E-state index is 0.654. The van der Waals surface area contributed by atoms with Crippen molar-refractivity contribution in [3.8, 4) is 0 Å². The molecule has 0 amide bonds. The molecule has 0 aromatic heterocycles. The fourth-order valence-electron chi connectivity index (χ4n) is 3.07. The standard InChI is InChI=1S/C13H24N2S/c1-10(2)12-8-5-9-15(12)13(16)14-11-6-3-4-7-11/h10-12H,3-9H2,1-2H3,(H,14,16). The Kier molecular flexibility index (Phi) is 4.06. The van der Waals surface area contributed by atoms with Gasteiger partial charge in [-0.3, -0.25) is 0 Å². The molecule has 0 radical (unpaired) electrons. The van der Waals surface area contributed by atoms with E-state index in [4.69, 9.17) is 12.2 Å². The topological polar surface area (TPSA) is 15.3 Å². The molecule has 1 N–H and O–H groups in total. The lowest BCUT2D eigenvalue weighted by molar-refractivity contribution is 0.302. The van der Waals surface area contributed by atoms with E-state index in [1.807, 2.05) is 0 Å². The molecule has 16 heavy (non-hydrogen) atoms. The van der Waals surface area contributed by atoms with Gasteiger partial charge in [0.15, 0.2) is 5.11 Å². The first-order valence-electron chi connectivity index (χ1n) is 6.75. The van der Waals surface area contributed by atoms with E-state index in [-0.39, 0.29) is 0 Å². The van der Waals surface area contributed by atoms with Gasteiger partial charge in [-0.15, -0.1) is 0 Å². The Morgan fingerprint density at radius 3 is 2.50 bits per heavy atom. The van der Waals surface area contributed by atoms with Crippen LogP contribution in [0.5, 0.6) is 0 Å². The SMILES string of the molecule is CC(C)C1CCCN1C(=S)NC1CCCC1. The molecule has 0 bridgehead atoms. The van der Waals surface area contributed by atoms with Crippen LogP contribution in [0, 0.1) is 5.92 Å². The van der Waals surface area contributed by atoms with Crippen molar-refractivity contribution in [1.82, 2.24) is 10.2 Å². The molecule has 1 aliphatic heterocycles. The van der Waals surface area contributed by atoms with E-state index in [0.29, 0.717) is 18.0 Å². The van der Waals surface area contributed by atoms with E-state index in [0.717, 1.165) is 11.7 Å². The number of rotatable bonds is 2. The zero-order valence-corrected chi connectivity index (χ0v) is 11.4. The Bertz CT molecular complexity index is 246. The van der Waals surface area contributed by atoms with Crippen LogP contribution in [0.25, 0.3) is 0 Å². The maximum atomic E-state index is 5.56. The van der Waals surface area contributed by atoms with Gasteiger partial charge >= 0.3 is 0 Å². The van der Waals surface area contributed by atoms with Crippen LogP contribution in [-0.2, 0) is 0 Å². The number of hydrogen-bond donors (Lipinski definition) is 1. The second kappa shape index (κ2) is 5.35. The van der Waals surface area contributed by atoms with Crippen LogP contribution < -0.4 is 5.32 Å². The van der Waals surface area contributed by atoms with Gasteiger partial charge in [0.1, 0.15) is 0 Å². The van der Waals surface area contributed by atoms with Crippen molar-refractivity contribution in [2.45, 2.75) is 64.5 Å². The van der Waals surface area contributed by atoms with E-state index in [9.17, 15) is 0 Å². The van der Waals surface area contributed by atoms with Gasteiger partial charge in [0, 0.05) is 18.6 Å². The van der Waals surface area contributed by atoms with Gasteiger partial charge in [-0.05, 0) is 43.8 Å². The highest BCUT2D eigenvalue weighted by molar-refractivity contribution is 7.80. The van der Waals surface area contributed by atoms with Crippen molar-refractivity contribution in [3.63, 3.8) is 0 Å². The first-order valence-corrected chi connectivity index (χ1v) is 7.16. The van der Waals surface area contributed by atoms with Crippen LogP contribution in [0.1, 0.15) is 52.4 Å². The molecule has 92 valence electrons. The minimum Gasteiger partial charge on any atom is -0.360 e. The van der Waals surface area contributed by atoms with Crippen LogP contribution in [-0.4, -0.2) is 28.6 Å². The second-order valence-electron chi connectivity index (χ2n) is 5.58. The van der Waals surface area contributed by atoms with Gasteiger partial charge in [0.05, 0.1) is 0 Å². The van der Waals surface area contributed by atoms with Crippen molar-refractivity contribution < 1.29 is 0 Å². The highest BCUT2D eigenvalue weighted by Gasteiger charge is 2.29. The van der Waals surface area contributed by atoms with Gasteiger partial charge in [-0.2, -0.15) is 0 Å². The summed E-state index contributed by atoms with van der Waals surface area (Å²) in [7, 11) is 0. The van der Waals surface area contributed by atoms with E-state index < -0.39 is 0 Å². The van der Waals surface area contributed by atoms with Crippen molar-refractivity contribution in [3.05, 3.63) is 0 Å². The fourth-order valence-corrected chi connectivity index (χ4v) is 3.46. The Balaban J connectivity index is 1.87. The predicted molar refractivity (Wildman–Crippen MR) is 72.6 cm³/mol. The summed E-state index contributed by atoms with van der Waals surface area (Å²) < 4.78 is 0. The summed E-state index contributed by atoms with van der Waals surface area (Å²) in [6, 6.07) is 1.32. The van der Waals surface area contributed by atoms with E-state index in [1.54, 1.807) is 0 Å². The Morgan fingerprint density at radius 2 is 1.88 bits per heavy atom. The van der Waals surface area contributed by atoms with Crippen LogP contribution in [0.15, 0.2) is 0 Å². The van der Waals surface area contributed by atoms with Crippen molar-refractivity contribution >= 4 is 17.3 Å². The Hall–Kier alpha value is -0.310. The third-order valence-electron chi connectivity index (χ3n) is 4.01. The zero-order valence-electron chi connectivity index (χ0n) is 10.5. The molecule has 1 saturated carbocycles. The highest BCUT2D eigenvalue weighted by atomic mass is 32.1.